The fourth-order valence-corrected chi connectivity index (χ4v) is 2.51. The highest BCUT2D eigenvalue weighted by Gasteiger charge is 2.18. The van der Waals surface area contributed by atoms with E-state index in [0.29, 0.717) is 12.5 Å². The third-order valence-electron chi connectivity index (χ3n) is 3.79. The zero-order chi connectivity index (χ0) is 14.3. The lowest BCUT2D eigenvalue weighted by atomic mass is 9.95. The molecule has 0 aliphatic heterocycles. The van der Waals surface area contributed by atoms with E-state index in [-0.39, 0.29) is 11.9 Å². The fourth-order valence-electron chi connectivity index (χ4n) is 2.51. The van der Waals surface area contributed by atoms with E-state index in [1.54, 1.807) is 0 Å². The van der Waals surface area contributed by atoms with Crippen LogP contribution in [-0.2, 0) is 6.42 Å². The number of carbonyl (C=O) groups is 1. The van der Waals surface area contributed by atoms with Crippen LogP contribution in [0, 0.1) is 5.92 Å². The highest BCUT2D eigenvalue weighted by atomic mass is 16.1. The topological polar surface area (TPSA) is 55.1 Å². The first-order valence-corrected chi connectivity index (χ1v) is 7.22. The van der Waals surface area contributed by atoms with Gasteiger partial charge < -0.3 is 11.1 Å². The predicted octanol–water partition coefficient (Wildman–Crippen LogP) is 2.74. The van der Waals surface area contributed by atoms with Crippen molar-refractivity contribution in [1.82, 2.24) is 5.32 Å². The van der Waals surface area contributed by atoms with E-state index in [4.69, 9.17) is 5.73 Å². The molecule has 3 N–H and O–H groups in total. The van der Waals surface area contributed by atoms with Gasteiger partial charge in [0.1, 0.15) is 0 Å². The first-order chi connectivity index (χ1) is 9.13. The van der Waals surface area contributed by atoms with Crippen molar-refractivity contribution >= 4 is 5.91 Å². The molecule has 0 aliphatic rings. The van der Waals surface area contributed by atoms with Crippen molar-refractivity contribution in [2.24, 2.45) is 11.7 Å². The molecule has 3 nitrogen and oxygen atoms in total. The van der Waals surface area contributed by atoms with Gasteiger partial charge in [-0.25, -0.2) is 0 Å². The minimum Gasteiger partial charge on any atom is -0.349 e. The molecular formula is C16H26N2O. The summed E-state index contributed by atoms with van der Waals surface area (Å²) in [7, 11) is 0. The van der Waals surface area contributed by atoms with Crippen LogP contribution in [-0.4, -0.2) is 18.5 Å². The molecule has 0 aromatic heterocycles. The SMILES string of the molecule is CCC(CC)C(C)NC(=O)c1ccccc1CCN. The Morgan fingerprint density at radius 3 is 2.47 bits per heavy atom. The van der Waals surface area contributed by atoms with Gasteiger partial charge in [-0.15, -0.1) is 0 Å². The molecule has 1 amide bonds. The molecular weight excluding hydrogens is 236 g/mol. The summed E-state index contributed by atoms with van der Waals surface area (Å²) >= 11 is 0. The quantitative estimate of drug-likeness (QED) is 0.794. The highest BCUT2D eigenvalue weighted by Crippen LogP contribution is 2.15. The van der Waals surface area contributed by atoms with E-state index in [0.717, 1.165) is 30.4 Å². The summed E-state index contributed by atoms with van der Waals surface area (Å²) in [5.41, 5.74) is 7.37. The van der Waals surface area contributed by atoms with Gasteiger partial charge in [-0.2, -0.15) is 0 Å². The average Bonchev–Trinajstić information content (AvgIpc) is 2.41. The lowest BCUT2D eigenvalue weighted by molar-refractivity contribution is 0.0924. The zero-order valence-corrected chi connectivity index (χ0v) is 12.3. The molecule has 1 unspecified atom stereocenters. The van der Waals surface area contributed by atoms with E-state index in [1.807, 2.05) is 24.3 Å². The van der Waals surface area contributed by atoms with Crippen LogP contribution in [0.4, 0.5) is 0 Å². The van der Waals surface area contributed by atoms with Crippen LogP contribution in [0.25, 0.3) is 0 Å². The lowest BCUT2D eigenvalue weighted by Crippen LogP contribution is -2.38. The Morgan fingerprint density at radius 2 is 1.89 bits per heavy atom. The van der Waals surface area contributed by atoms with Gasteiger partial charge in [0.05, 0.1) is 0 Å². The van der Waals surface area contributed by atoms with Crippen LogP contribution < -0.4 is 11.1 Å². The van der Waals surface area contributed by atoms with Crippen LogP contribution in [0.3, 0.4) is 0 Å². The number of amides is 1. The normalized spacial score (nSPS) is 12.5. The standard InChI is InChI=1S/C16H26N2O/c1-4-13(5-2)12(3)18-16(19)15-9-7-6-8-14(15)10-11-17/h6-9,12-13H,4-5,10-11,17H2,1-3H3,(H,18,19). The smallest absolute Gasteiger partial charge is 0.251 e. The second-order valence-corrected chi connectivity index (χ2v) is 5.03. The van der Waals surface area contributed by atoms with Crippen molar-refractivity contribution < 1.29 is 4.79 Å². The fraction of sp³-hybridized carbons (Fsp3) is 0.562. The van der Waals surface area contributed by atoms with Crippen molar-refractivity contribution in [3.05, 3.63) is 35.4 Å². The summed E-state index contributed by atoms with van der Waals surface area (Å²) in [6.07, 6.45) is 2.91. The van der Waals surface area contributed by atoms with E-state index in [2.05, 4.69) is 26.1 Å². The Kier molecular flexibility index (Phi) is 6.57. The first-order valence-electron chi connectivity index (χ1n) is 7.22. The summed E-state index contributed by atoms with van der Waals surface area (Å²) in [5.74, 6) is 0.550. The molecule has 0 spiro atoms. The van der Waals surface area contributed by atoms with Gasteiger partial charge in [0, 0.05) is 11.6 Å². The second-order valence-electron chi connectivity index (χ2n) is 5.03. The summed E-state index contributed by atoms with van der Waals surface area (Å²) in [5, 5.41) is 3.12. The highest BCUT2D eigenvalue weighted by molar-refractivity contribution is 5.95. The molecule has 0 radical (unpaired) electrons. The first kappa shape index (κ1) is 15.7. The molecule has 1 aromatic rings. The van der Waals surface area contributed by atoms with Crippen molar-refractivity contribution in [2.75, 3.05) is 6.54 Å². The number of rotatable bonds is 7. The predicted molar refractivity (Wildman–Crippen MR) is 80.2 cm³/mol. The van der Waals surface area contributed by atoms with E-state index >= 15 is 0 Å². The minimum atomic E-state index is 0.0171. The maximum Gasteiger partial charge on any atom is 0.251 e. The monoisotopic (exact) mass is 262 g/mol. The third-order valence-corrected chi connectivity index (χ3v) is 3.79. The van der Waals surface area contributed by atoms with Gasteiger partial charge in [0.2, 0.25) is 0 Å². The van der Waals surface area contributed by atoms with Crippen molar-refractivity contribution in [3.63, 3.8) is 0 Å². The second kappa shape index (κ2) is 7.95. The Morgan fingerprint density at radius 1 is 1.26 bits per heavy atom. The van der Waals surface area contributed by atoms with Gasteiger partial charge >= 0.3 is 0 Å². The van der Waals surface area contributed by atoms with Crippen LogP contribution in [0.1, 0.15) is 49.5 Å². The summed E-state index contributed by atoms with van der Waals surface area (Å²) < 4.78 is 0. The molecule has 0 aliphatic carbocycles. The molecule has 1 rings (SSSR count). The molecule has 0 heterocycles. The number of carbonyl (C=O) groups excluding carboxylic acids is 1. The van der Waals surface area contributed by atoms with Gasteiger partial charge in [-0.1, -0.05) is 44.9 Å². The van der Waals surface area contributed by atoms with Gasteiger partial charge in [-0.3, -0.25) is 4.79 Å². The number of hydrogen-bond acceptors (Lipinski definition) is 2. The number of nitrogens with one attached hydrogen (secondary N) is 1. The van der Waals surface area contributed by atoms with E-state index in [9.17, 15) is 4.79 Å². The van der Waals surface area contributed by atoms with Crippen LogP contribution in [0.2, 0.25) is 0 Å². The third kappa shape index (κ3) is 4.35. The average molecular weight is 262 g/mol. The van der Waals surface area contributed by atoms with Gasteiger partial charge in [-0.05, 0) is 37.4 Å². The molecule has 1 atom stereocenters. The summed E-state index contributed by atoms with van der Waals surface area (Å²) in [6.45, 7) is 6.98. The molecule has 106 valence electrons. The lowest BCUT2D eigenvalue weighted by Gasteiger charge is -2.23. The van der Waals surface area contributed by atoms with E-state index in [1.165, 1.54) is 0 Å². The molecule has 1 aromatic carbocycles. The molecule has 19 heavy (non-hydrogen) atoms. The maximum absolute atomic E-state index is 12.3. The largest absolute Gasteiger partial charge is 0.349 e. The molecule has 3 heteroatoms. The van der Waals surface area contributed by atoms with Crippen molar-refractivity contribution in [1.29, 1.82) is 0 Å². The van der Waals surface area contributed by atoms with Crippen LogP contribution >= 0.6 is 0 Å². The number of nitrogens with two attached hydrogens (primary N) is 1. The van der Waals surface area contributed by atoms with Gasteiger partial charge in [0.25, 0.3) is 5.91 Å². The van der Waals surface area contributed by atoms with E-state index < -0.39 is 0 Å². The summed E-state index contributed by atoms with van der Waals surface area (Å²) in [6, 6.07) is 7.90. The van der Waals surface area contributed by atoms with Crippen LogP contribution in [0.5, 0.6) is 0 Å². The summed E-state index contributed by atoms with van der Waals surface area (Å²) in [4.78, 5) is 12.3. The number of hydrogen-bond donors (Lipinski definition) is 2. The zero-order valence-electron chi connectivity index (χ0n) is 12.3. The Labute approximate surface area is 116 Å². The van der Waals surface area contributed by atoms with Gasteiger partial charge in [0.15, 0.2) is 0 Å². The van der Waals surface area contributed by atoms with Crippen LogP contribution in [0.15, 0.2) is 24.3 Å². The Bertz CT molecular complexity index is 399. The molecule has 0 bridgehead atoms. The molecule has 0 saturated heterocycles. The van der Waals surface area contributed by atoms with Crippen molar-refractivity contribution in [3.8, 4) is 0 Å². The van der Waals surface area contributed by atoms with Crippen molar-refractivity contribution in [2.45, 2.75) is 46.1 Å². The minimum absolute atomic E-state index is 0.0171. The maximum atomic E-state index is 12.3. The Balaban J connectivity index is 2.77. The molecule has 0 saturated carbocycles. The number of benzene rings is 1. The Hall–Kier alpha value is -1.35. The molecule has 0 fully saturated rings.